The Kier molecular flexibility index (Phi) is 9.29. The van der Waals surface area contributed by atoms with Crippen LogP contribution in [0.1, 0.15) is 55.8 Å². The maximum Gasteiger partial charge on any atom is 0.268 e. The van der Waals surface area contributed by atoms with Crippen molar-refractivity contribution in [2.24, 2.45) is 5.92 Å². The lowest BCUT2D eigenvalue weighted by atomic mass is 10.1. The van der Waals surface area contributed by atoms with Crippen LogP contribution >= 0.6 is 11.3 Å². The Morgan fingerprint density at radius 2 is 2.09 bits per heavy atom. The largest absolute Gasteiger partial charge is 0.389 e. The van der Waals surface area contributed by atoms with E-state index in [0.29, 0.717) is 42.5 Å². The van der Waals surface area contributed by atoms with Crippen molar-refractivity contribution in [1.82, 2.24) is 29.5 Å². The van der Waals surface area contributed by atoms with E-state index in [1.165, 1.54) is 11.3 Å². The number of nitrogens with zero attached hydrogens (tertiary/aromatic N) is 6. The Hall–Kier alpha value is -4.31. The number of carbonyl (C=O) groups excluding carboxylic acids is 2. The van der Waals surface area contributed by atoms with E-state index < -0.39 is 5.60 Å². The molecule has 4 heterocycles. The number of amides is 2. The van der Waals surface area contributed by atoms with Crippen LogP contribution in [0.25, 0.3) is 16.0 Å². The molecule has 3 N–H and O–H groups in total. The number of nitriles is 1. The maximum atomic E-state index is 13.4. The zero-order chi connectivity index (χ0) is 31.4. The van der Waals surface area contributed by atoms with Gasteiger partial charge >= 0.3 is 0 Å². The quantitative estimate of drug-likeness (QED) is 0.167. The van der Waals surface area contributed by atoms with Gasteiger partial charge in [-0.2, -0.15) is 10.4 Å². The lowest BCUT2D eigenvalue weighted by molar-refractivity contribution is -0.127. The van der Waals surface area contributed by atoms with Crippen LogP contribution < -0.4 is 10.6 Å². The van der Waals surface area contributed by atoms with Gasteiger partial charge in [0.15, 0.2) is 0 Å². The van der Waals surface area contributed by atoms with Crippen LogP contribution in [0.5, 0.6) is 0 Å². The number of likely N-dealkylation sites (tertiary alicyclic amines) is 1. The van der Waals surface area contributed by atoms with Crippen molar-refractivity contribution in [2.45, 2.75) is 65.3 Å². The molecule has 1 aromatic carbocycles. The molecule has 1 saturated heterocycles. The molecule has 44 heavy (non-hydrogen) atoms. The lowest BCUT2D eigenvalue weighted by Crippen LogP contribution is -2.39. The van der Waals surface area contributed by atoms with Crippen molar-refractivity contribution in [1.29, 1.82) is 5.26 Å². The predicted octanol–water partition coefficient (Wildman–Crippen LogP) is 4.49. The minimum atomic E-state index is -0.831. The molecule has 1 aliphatic heterocycles. The SMILES string of the molecule is CC(C)C=C(C#N)C(=O)N1CCC[C@@H]1Cn1c(NC(=O)c2ccc(-n3cccn3)s2)nc2cc(CNCC(C)(C)O)ccc21. The lowest BCUT2D eigenvalue weighted by Gasteiger charge is -2.26. The first-order chi connectivity index (χ1) is 21.0. The number of aliphatic hydroxyl groups is 1. The van der Waals surface area contributed by atoms with E-state index >= 15 is 0 Å². The van der Waals surface area contributed by atoms with E-state index in [2.05, 4.69) is 21.8 Å². The predicted molar refractivity (Wildman–Crippen MR) is 170 cm³/mol. The van der Waals surface area contributed by atoms with E-state index in [0.717, 1.165) is 28.9 Å². The van der Waals surface area contributed by atoms with E-state index in [4.69, 9.17) is 4.98 Å². The first-order valence-corrected chi connectivity index (χ1v) is 15.6. The molecule has 5 rings (SSSR count). The van der Waals surface area contributed by atoms with Gasteiger partial charge in [0.2, 0.25) is 5.95 Å². The van der Waals surface area contributed by atoms with Crippen LogP contribution in [0.4, 0.5) is 5.95 Å². The van der Waals surface area contributed by atoms with E-state index in [1.807, 2.05) is 54.9 Å². The van der Waals surface area contributed by atoms with Gasteiger partial charge in [0, 0.05) is 38.6 Å². The molecular formula is C32H38N8O3S. The number of aromatic nitrogens is 4. The van der Waals surface area contributed by atoms with E-state index in [1.54, 1.807) is 41.8 Å². The smallest absolute Gasteiger partial charge is 0.268 e. The standard InChI is InChI=1S/C32H38N8O3S/c1-21(2)15-23(17-33)30(42)38-13-5-7-24(38)19-39-26-9-8-22(18-34-20-32(3,4)43)16-25(26)36-31(39)37-29(41)27-10-11-28(44-27)40-14-6-12-35-40/h6,8-12,14-16,21,24,34,43H,5,7,13,18-20H2,1-4H3,(H,36,37,41)/t24-/m1/s1. The zero-order valence-corrected chi connectivity index (χ0v) is 26.3. The number of anilines is 1. The fourth-order valence-corrected chi connectivity index (χ4v) is 6.20. The number of benzene rings is 1. The Morgan fingerprint density at radius 1 is 1.27 bits per heavy atom. The molecule has 0 aliphatic carbocycles. The van der Waals surface area contributed by atoms with E-state index in [9.17, 15) is 20.0 Å². The van der Waals surface area contributed by atoms with Gasteiger partial charge in [0.05, 0.1) is 27.6 Å². The van der Waals surface area contributed by atoms with Crippen LogP contribution in [-0.2, 0) is 17.9 Å². The third-order valence-electron chi connectivity index (χ3n) is 7.35. The number of imidazole rings is 1. The van der Waals surface area contributed by atoms with Gasteiger partial charge in [0.1, 0.15) is 16.6 Å². The molecule has 3 aromatic heterocycles. The Labute approximate surface area is 260 Å². The topological polar surface area (TPSA) is 141 Å². The van der Waals surface area contributed by atoms with Crippen LogP contribution in [0.2, 0.25) is 0 Å². The maximum absolute atomic E-state index is 13.4. The van der Waals surface area contributed by atoms with Gasteiger partial charge in [-0.3, -0.25) is 14.9 Å². The summed E-state index contributed by atoms with van der Waals surface area (Å²) in [4.78, 5) is 34.0. The summed E-state index contributed by atoms with van der Waals surface area (Å²) in [6.45, 7) is 9.35. The van der Waals surface area contributed by atoms with Crippen LogP contribution in [0.3, 0.4) is 0 Å². The normalized spacial score (nSPS) is 15.7. The second kappa shape index (κ2) is 13.1. The molecule has 230 valence electrons. The summed E-state index contributed by atoms with van der Waals surface area (Å²) in [6.07, 6.45) is 6.82. The molecule has 4 aromatic rings. The summed E-state index contributed by atoms with van der Waals surface area (Å²) in [5.41, 5.74) is 1.85. The summed E-state index contributed by atoms with van der Waals surface area (Å²) >= 11 is 1.32. The van der Waals surface area contributed by atoms with E-state index in [-0.39, 0.29) is 29.3 Å². The zero-order valence-electron chi connectivity index (χ0n) is 25.4. The first kappa shape index (κ1) is 31.1. The van der Waals surface area contributed by atoms with Crippen LogP contribution in [0.15, 0.2) is 60.4 Å². The molecule has 2 amide bonds. The van der Waals surface area contributed by atoms with Crippen molar-refractivity contribution in [3.05, 3.63) is 70.9 Å². The molecule has 0 spiro atoms. The van der Waals surface area contributed by atoms with Crippen molar-refractivity contribution in [3.63, 3.8) is 0 Å². The van der Waals surface area contributed by atoms with Crippen LogP contribution in [-0.4, -0.2) is 65.9 Å². The monoisotopic (exact) mass is 614 g/mol. The molecule has 0 bridgehead atoms. The van der Waals surface area contributed by atoms with Gasteiger partial charge in [-0.15, -0.1) is 11.3 Å². The molecule has 12 heteroatoms. The number of carbonyl (C=O) groups is 2. The van der Waals surface area contributed by atoms with Crippen molar-refractivity contribution < 1.29 is 14.7 Å². The highest BCUT2D eigenvalue weighted by Crippen LogP contribution is 2.28. The number of hydrogen-bond acceptors (Lipinski definition) is 8. The molecule has 1 atom stereocenters. The van der Waals surface area contributed by atoms with Gasteiger partial charge in [0.25, 0.3) is 11.8 Å². The number of allylic oxidation sites excluding steroid dienone is 1. The average molecular weight is 615 g/mol. The van der Waals surface area contributed by atoms with Crippen molar-refractivity contribution in [3.8, 4) is 11.1 Å². The second-order valence-corrected chi connectivity index (χ2v) is 13.1. The third kappa shape index (κ3) is 7.24. The number of nitrogens with one attached hydrogen (secondary N) is 2. The number of thiophene rings is 1. The highest BCUT2D eigenvalue weighted by atomic mass is 32.1. The first-order valence-electron chi connectivity index (χ1n) is 14.8. The highest BCUT2D eigenvalue weighted by molar-refractivity contribution is 7.16. The van der Waals surface area contributed by atoms with Crippen LogP contribution in [0, 0.1) is 17.2 Å². The molecular weight excluding hydrogens is 576 g/mol. The highest BCUT2D eigenvalue weighted by Gasteiger charge is 2.32. The summed E-state index contributed by atoms with van der Waals surface area (Å²) in [7, 11) is 0. The molecule has 0 radical (unpaired) electrons. The van der Waals surface area contributed by atoms with Crippen molar-refractivity contribution in [2.75, 3.05) is 18.4 Å². The fourth-order valence-electron chi connectivity index (χ4n) is 5.36. The molecule has 0 unspecified atom stereocenters. The Morgan fingerprint density at radius 3 is 2.80 bits per heavy atom. The third-order valence-corrected chi connectivity index (χ3v) is 8.43. The van der Waals surface area contributed by atoms with Gasteiger partial charge < -0.3 is 19.9 Å². The van der Waals surface area contributed by atoms with Crippen molar-refractivity contribution >= 4 is 40.1 Å². The second-order valence-electron chi connectivity index (χ2n) is 12.1. The summed E-state index contributed by atoms with van der Waals surface area (Å²) in [5.74, 6) is -0.0861. The number of hydrogen-bond donors (Lipinski definition) is 3. The molecule has 0 saturated carbocycles. The molecule has 1 fully saturated rings. The average Bonchev–Trinajstić information content (AvgIpc) is 3.78. The minimum Gasteiger partial charge on any atom is -0.389 e. The van der Waals surface area contributed by atoms with Gasteiger partial charge in [-0.05, 0) is 68.5 Å². The minimum absolute atomic E-state index is 0.0762. The molecule has 1 aliphatic rings. The van der Waals surface area contributed by atoms with Gasteiger partial charge in [-0.25, -0.2) is 9.67 Å². The number of fused-ring (bicyclic) bond motifs is 1. The summed E-state index contributed by atoms with van der Waals surface area (Å²) in [6, 6.07) is 13.3. The summed E-state index contributed by atoms with van der Waals surface area (Å²) in [5, 5.41) is 31.1. The Bertz CT molecular complexity index is 1700. The molecule has 11 nitrogen and oxygen atoms in total. The van der Waals surface area contributed by atoms with Gasteiger partial charge in [-0.1, -0.05) is 26.0 Å². The summed E-state index contributed by atoms with van der Waals surface area (Å²) < 4.78 is 3.66. The fraction of sp³-hybridized carbons (Fsp3) is 0.406. The Balaban J connectivity index is 1.44. The number of rotatable bonds is 11.